The second-order valence-corrected chi connectivity index (χ2v) is 12.8. The molecule has 1 N–H and O–H groups in total. The van der Waals surface area contributed by atoms with Crippen molar-refractivity contribution in [3.8, 4) is 22.8 Å². The molecule has 1 aliphatic heterocycles. The van der Waals surface area contributed by atoms with Crippen LogP contribution in [0.25, 0.3) is 11.1 Å². The highest BCUT2D eigenvalue weighted by Gasteiger charge is 2.39. The van der Waals surface area contributed by atoms with Crippen LogP contribution in [0.1, 0.15) is 88.2 Å². The Hall–Kier alpha value is -3.45. The van der Waals surface area contributed by atoms with Crippen molar-refractivity contribution in [2.24, 2.45) is 11.8 Å². The van der Waals surface area contributed by atoms with Gasteiger partial charge in [0.1, 0.15) is 17.7 Å². The zero-order chi connectivity index (χ0) is 30.2. The summed E-state index contributed by atoms with van der Waals surface area (Å²) in [4.78, 5) is 18.3. The summed E-state index contributed by atoms with van der Waals surface area (Å²) < 4.78 is 27.1. The summed E-state index contributed by atoms with van der Waals surface area (Å²) >= 11 is 0. The van der Waals surface area contributed by atoms with E-state index in [2.05, 4.69) is 61.8 Å². The third kappa shape index (κ3) is 6.31. The lowest BCUT2D eigenvalue weighted by atomic mass is 9.82. The van der Waals surface area contributed by atoms with Crippen LogP contribution in [0.15, 0.2) is 48.7 Å². The number of hydrogen-bond acceptors (Lipinski definition) is 5. The SMILES string of the molecule is CCN(Cc1cc([C@@H]2CCc3ccc([C@H](C4CC4)[C@H](C)C(=O)O)cc3O2)ccc1-c1cc(OC)ncc1F)C(C)(C)C. The second-order valence-electron chi connectivity index (χ2n) is 12.8. The fourth-order valence-electron chi connectivity index (χ4n) is 6.38. The van der Waals surface area contributed by atoms with Crippen molar-refractivity contribution in [3.05, 3.63) is 76.7 Å². The molecule has 1 aliphatic carbocycles. The molecular weight excluding hydrogens is 531 g/mol. The molecular formula is C35H43FN2O4. The number of nitrogens with zero attached hydrogens (tertiary/aromatic N) is 2. The number of carboxylic acid groups (broad SMARTS) is 1. The minimum atomic E-state index is -0.754. The number of fused-ring (bicyclic) bond motifs is 1. The summed E-state index contributed by atoms with van der Waals surface area (Å²) in [5, 5.41) is 9.76. The predicted octanol–water partition coefficient (Wildman–Crippen LogP) is 7.80. The molecule has 2 heterocycles. The topological polar surface area (TPSA) is 71.9 Å². The number of carboxylic acids is 1. The first kappa shape index (κ1) is 30.0. The van der Waals surface area contributed by atoms with Crippen LogP contribution in [0.4, 0.5) is 4.39 Å². The molecule has 0 bridgehead atoms. The van der Waals surface area contributed by atoms with Gasteiger partial charge in [0, 0.05) is 23.7 Å². The Morgan fingerprint density at radius 3 is 2.55 bits per heavy atom. The van der Waals surface area contributed by atoms with E-state index in [4.69, 9.17) is 9.47 Å². The maximum atomic E-state index is 15.1. The molecule has 1 aromatic heterocycles. The second kappa shape index (κ2) is 12.0. The quantitative estimate of drug-likeness (QED) is 0.266. The van der Waals surface area contributed by atoms with Crippen LogP contribution < -0.4 is 9.47 Å². The molecule has 3 atom stereocenters. The zero-order valence-electron chi connectivity index (χ0n) is 25.6. The summed E-state index contributed by atoms with van der Waals surface area (Å²) in [6.45, 7) is 12.0. The molecule has 0 amide bonds. The lowest BCUT2D eigenvalue weighted by Gasteiger charge is -2.35. The average Bonchev–Trinajstić information content (AvgIpc) is 3.80. The maximum absolute atomic E-state index is 15.1. The lowest BCUT2D eigenvalue weighted by Crippen LogP contribution is -2.40. The lowest BCUT2D eigenvalue weighted by molar-refractivity contribution is -0.142. The van der Waals surface area contributed by atoms with Gasteiger partial charge in [0.05, 0.1) is 19.2 Å². The van der Waals surface area contributed by atoms with Crippen LogP contribution in [0.5, 0.6) is 11.6 Å². The molecule has 0 spiro atoms. The van der Waals surface area contributed by atoms with Gasteiger partial charge < -0.3 is 14.6 Å². The third-order valence-corrected chi connectivity index (χ3v) is 9.00. The van der Waals surface area contributed by atoms with Gasteiger partial charge in [-0.15, -0.1) is 0 Å². The number of aromatic nitrogens is 1. The first-order valence-corrected chi connectivity index (χ1v) is 15.1. The van der Waals surface area contributed by atoms with Crippen LogP contribution in [0, 0.1) is 17.7 Å². The van der Waals surface area contributed by atoms with Crippen molar-refractivity contribution in [2.75, 3.05) is 13.7 Å². The molecule has 0 radical (unpaired) electrons. The van der Waals surface area contributed by atoms with Gasteiger partial charge in [-0.1, -0.05) is 44.2 Å². The molecule has 2 aromatic carbocycles. The van der Waals surface area contributed by atoms with Gasteiger partial charge in [0.15, 0.2) is 0 Å². The number of aryl methyl sites for hydroxylation is 1. The third-order valence-electron chi connectivity index (χ3n) is 9.00. The van der Waals surface area contributed by atoms with Crippen molar-refractivity contribution < 1.29 is 23.8 Å². The Morgan fingerprint density at radius 1 is 1.14 bits per heavy atom. The number of aliphatic carboxylic acids is 1. The largest absolute Gasteiger partial charge is 0.485 e. The van der Waals surface area contributed by atoms with Gasteiger partial charge in [-0.25, -0.2) is 9.37 Å². The van der Waals surface area contributed by atoms with E-state index in [1.165, 1.54) is 13.3 Å². The number of pyridine rings is 1. The molecule has 3 aromatic rings. The fourth-order valence-corrected chi connectivity index (χ4v) is 6.38. The Bertz CT molecular complexity index is 1450. The van der Waals surface area contributed by atoms with Gasteiger partial charge in [0.25, 0.3) is 0 Å². The van der Waals surface area contributed by atoms with Gasteiger partial charge in [0.2, 0.25) is 5.88 Å². The number of rotatable bonds is 10. The van der Waals surface area contributed by atoms with Crippen molar-refractivity contribution in [2.45, 2.75) is 84.4 Å². The molecule has 224 valence electrons. The van der Waals surface area contributed by atoms with Crippen molar-refractivity contribution in [3.63, 3.8) is 0 Å². The highest BCUT2D eigenvalue weighted by atomic mass is 19.1. The molecule has 42 heavy (non-hydrogen) atoms. The van der Waals surface area contributed by atoms with E-state index >= 15 is 4.39 Å². The smallest absolute Gasteiger partial charge is 0.306 e. The van der Waals surface area contributed by atoms with Crippen molar-refractivity contribution in [1.29, 1.82) is 0 Å². The van der Waals surface area contributed by atoms with Crippen molar-refractivity contribution in [1.82, 2.24) is 9.88 Å². The highest BCUT2D eigenvalue weighted by molar-refractivity contribution is 5.71. The van der Waals surface area contributed by atoms with Crippen LogP contribution in [-0.2, 0) is 17.8 Å². The molecule has 2 aliphatic rings. The normalized spacial score (nSPS) is 18.2. The molecule has 0 saturated heterocycles. The summed E-state index contributed by atoms with van der Waals surface area (Å²) in [5.74, 6) is 0.0336. The maximum Gasteiger partial charge on any atom is 0.306 e. The molecule has 5 rings (SSSR count). The van der Waals surface area contributed by atoms with E-state index < -0.39 is 11.9 Å². The summed E-state index contributed by atoms with van der Waals surface area (Å²) in [5.41, 5.74) is 5.48. The predicted molar refractivity (Wildman–Crippen MR) is 162 cm³/mol. The monoisotopic (exact) mass is 574 g/mol. The molecule has 7 heteroatoms. The number of ether oxygens (including phenoxy) is 2. The molecule has 6 nitrogen and oxygen atoms in total. The van der Waals surface area contributed by atoms with Crippen LogP contribution in [0.2, 0.25) is 0 Å². The number of methoxy groups -OCH3 is 1. The summed E-state index contributed by atoms with van der Waals surface area (Å²) in [6.07, 6.45) is 4.91. The van der Waals surface area contributed by atoms with Gasteiger partial charge in [-0.2, -0.15) is 0 Å². The number of halogens is 1. The van der Waals surface area contributed by atoms with Gasteiger partial charge in [-0.05, 0) is 98.7 Å². The summed E-state index contributed by atoms with van der Waals surface area (Å²) in [6, 6.07) is 14.1. The van der Waals surface area contributed by atoms with Crippen LogP contribution in [-0.4, -0.2) is 40.2 Å². The Morgan fingerprint density at radius 2 is 1.90 bits per heavy atom. The first-order valence-electron chi connectivity index (χ1n) is 15.1. The van der Waals surface area contributed by atoms with E-state index in [1.807, 2.05) is 19.1 Å². The zero-order valence-corrected chi connectivity index (χ0v) is 25.6. The Labute approximate surface area is 248 Å². The Balaban J connectivity index is 1.50. The minimum Gasteiger partial charge on any atom is -0.485 e. The average molecular weight is 575 g/mol. The molecule has 0 unspecified atom stereocenters. The Kier molecular flexibility index (Phi) is 8.61. The number of hydrogen-bond donors (Lipinski definition) is 1. The van der Waals surface area contributed by atoms with Crippen LogP contribution in [0.3, 0.4) is 0 Å². The van der Waals surface area contributed by atoms with Crippen LogP contribution >= 0.6 is 0 Å². The standard InChI is InChI=1S/C35H43FN2O4/c1-7-38(35(3,4)5)20-26-16-24(12-14-27(26)28-18-32(41-6)37-19-29(28)36)30-15-13-22-8-11-25(17-31(22)42-30)33(23-9-10-23)21(2)34(39)40/h8,11-12,14,16-19,21,23,30,33H,7,9-10,13,15,20H2,1-6H3,(H,39,40)/t21-,30-,33-/m0/s1. The van der Waals surface area contributed by atoms with E-state index in [9.17, 15) is 9.90 Å². The minimum absolute atomic E-state index is 0.00709. The molecule has 1 saturated carbocycles. The van der Waals surface area contributed by atoms with E-state index in [-0.39, 0.29) is 23.4 Å². The van der Waals surface area contributed by atoms with E-state index in [0.717, 1.165) is 65.8 Å². The first-order chi connectivity index (χ1) is 20.0. The number of benzene rings is 2. The number of carbonyl (C=O) groups is 1. The van der Waals surface area contributed by atoms with Gasteiger partial charge in [-0.3, -0.25) is 9.69 Å². The molecule has 1 fully saturated rings. The highest BCUT2D eigenvalue weighted by Crippen LogP contribution is 2.48. The van der Waals surface area contributed by atoms with Crippen molar-refractivity contribution >= 4 is 5.97 Å². The fraction of sp³-hybridized carbons (Fsp3) is 0.486. The van der Waals surface area contributed by atoms with E-state index in [1.54, 1.807) is 6.07 Å². The summed E-state index contributed by atoms with van der Waals surface area (Å²) in [7, 11) is 1.53. The van der Waals surface area contributed by atoms with Gasteiger partial charge >= 0.3 is 5.97 Å². The van der Waals surface area contributed by atoms with E-state index in [0.29, 0.717) is 23.9 Å².